The Bertz CT molecular complexity index is 1920. The second kappa shape index (κ2) is 17.3. The minimum absolute atomic E-state index is 0.0655. The molecule has 0 saturated heterocycles. The van der Waals surface area contributed by atoms with E-state index in [-0.39, 0.29) is 18.9 Å². The van der Waals surface area contributed by atoms with Gasteiger partial charge >= 0.3 is 0 Å². The van der Waals surface area contributed by atoms with Crippen LogP contribution in [-0.2, 0) is 16.1 Å². The summed E-state index contributed by atoms with van der Waals surface area (Å²) in [6, 6.07) is 43.5. The maximum Gasteiger partial charge on any atom is 0.266 e. The highest BCUT2D eigenvalue weighted by atomic mass is 79.9. The van der Waals surface area contributed by atoms with E-state index in [1.54, 1.807) is 11.8 Å². The first-order chi connectivity index (χ1) is 24.6. The second-order valence-electron chi connectivity index (χ2n) is 11.7. The molecule has 9 heteroatoms. The first kappa shape index (κ1) is 35.2. The maximum atomic E-state index is 14.6. The molecule has 0 spiro atoms. The number of benzene rings is 5. The molecule has 6 rings (SSSR count). The monoisotopic (exact) mass is 747 g/mol. The van der Waals surface area contributed by atoms with Gasteiger partial charge in [0.25, 0.3) is 5.91 Å². The number of aliphatic hydroxyl groups is 1. The molecule has 1 aliphatic heterocycles. The van der Waals surface area contributed by atoms with Gasteiger partial charge in [0.2, 0.25) is 5.90 Å². The molecule has 1 amide bonds. The Balaban J connectivity index is 1.31. The van der Waals surface area contributed by atoms with E-state index in [2.05, 4.69) is 51.0 Å². The van der Waals surface area contributed by atoms with Crippen LogP contribution in [0.3, 0.4) is 0 Å². The molecule has 1 heterocycles. The average Bonchev–Trinajstić information content (AvgIpc) is 3.54. The summed E-state index contributed by atoms with van der Waals surface area (Å²) in [4.78, 5) is 21.9. The quantitative estimate of drug-likeness (QED) is 0.0735. The lowest BCUT2D eigenvalue weighted by molar-refractivity contribution is -0.129. The second-order valence-corrected chi connectivity index (χ2v) is 13.6. The van der Waals surface area contributed by atoms with Gasteiger partial charge in [-0.3, -0.25) is 10.2 Å². The molecule has 0 saturated carbocycles. The topological polar surface area (TPSA) is 92.2 Å². The van der Waals surface area contributed by atoms with Crippen molar-refractivity contribution < 1.29 is 19.4 Å². The van der Waals surface area contributed by atoms with Crippen molar-refractivity contribution in [3.05, 3.63) is 166 Å². The zero-order valence-electron chi connectivity index (χ0n) is 27.4. The van der Waals surface area contributed by atoms with Gasteiger partial charge in [-0.05, 0) is 59.7 Å². The Morgan fingerprint density at radius 3 is 2.36 bits per heavy atom. The highest BCUT2D eigenvalue weighted by Gasteiger charge is 2.53. The van der Waals surface area contributed by atoms with Crippen molar-refractivity contribution in [2.24, 2.45) is 4.99 Å². The fourth-order valence-corrected chi connectivity index (χ4v) is 7.07. The van der Waals surface area contributed by atoms with Gasteiger partial charge in [0, 0.05) is 51.4 Å². The number of amides is 1. The van der Waals surface area contributed by atoms with E-state index in [0.29, 0.717) is 31.2 Å². The lowest BCUT2D eigenvalue weighted by Crippen LogP contribution is -2.52. The molecule has 254 valence electrons. The smallest absolute Gasteiger partial charge is 0.266 e. The molecule has 0 radical (unpaired) electrons. The number of carbonyl (C=O) groups excluding carboxylic acids is 1. The number of hydrogen-bond acceptors (Lipinski definition) is 7. The predicted octanol–water partition coefficient (Wildman–Crippen LogP) is 8.54. The van der Waals surface area contributed by atoms with Gasteiger partial charge in [0.15, 0.2) is 11.6 Å². The van der Waals surface area contributed by atoms with E-state index in [9.17, 15) is 4.79 Å². The summed E-state index contributed by atoms with van der Waals surface area (Å²) < 4.78 is 13.2. The normalized spacial score (nSPS) is 16.9. The highest BCUT2D eigenvalue weighted by Crippen LogP contribution is 2.45. The Morgan fingerprint density at radius 1 is 0.900 bits per heavy atom. The van der Waals surface area contributed by atoms with Gasteiger partial charge in [-0.2, -0.15) is 0 Å². The minimum Gasteiger partial charge on any atom is -0.494 e. The van der Waals surface area contributed by atoms with Crippen molar-refractivity contribution in [1.82, 2.24) is 10.9 Å². The van der Waals surface area contributed by atoms with Crippen LogP contribution in [0.1, 0.15) is 41.2 Å². The first-order valence-corrected chi connectivity index (χ1v) is 18.1. The molecule has 0 bridgehead atoms. The molecule has 3 N–H and O–H groups in total. The fourth-order valence-electron chi connectivity index (χ4n) is 5.61. The third kappa shape index (κ3) is 8.73. The lowest BCUT2D eigenvalue weighted by atomic mass is 9.84. The summed E-state index contributed by atoms with van der Waals surface area (Å²) in [5.41, 5.74) is 8.45. The lowest BCUT2D eigenvalue weighted by Gasteiger charge is -2.30. The van der Waals surface area contributed by atoms with Crippen LogP contribution in [0.5, 0.6) is 5.75 Å². The Morgan fingerprint density at radius 2 is 1.60 bits per heavy atom. The van der Waals surface area contributed by atoms with Crippen LogP contribution in [-0.4, -0.2) is 35.7 Å². The largest absolute Gasteiger partial charge is 0.494 e. The van der Waals surface area contributed by atoms with Crippen molar-refractivity contribution in [3.8, 4) is 5.75 Å². The molecular formula is C41H38BrN3O4S. The van der Waals surface area contributed by atoms with Gasteiger partial charge in [-0.1, -0.05) is 125 Å². The van der Waals surface area contributed by atoms with Crippen molar-refractivity contribution in [3.63, 3.8) is 0 Å². The SMILES string of the molecule is O=C(NNCc1ccccc1Sc1ccccc1)[C@@]1(C/C=C/c2ccccc2)N=C(c2ccc(OCCCO)cc2)O[C@H]1c1ccccc1Br. The van der Waals surface area contributed by atoms with Crippen LogP contribution in [0.2, 0.25) is 0 Å². The molecular weight excluding hydrogens is 710 g/mol. The predicted molar refractivity (Wildman–Crippen MR) is 203 cm³/mol. The third-order valence-corrected chi connectivity index (χ3v) is 10.0. The fraction of sp³-hybridized carbons (Fsp3) is 0.171. The third-order valence-electron chi connectivity index (χ3n) is 8.18. The Kier molecular flexibility index (Phi) is 12.2. The van der Waals surface area contributed by atoms with Crippen molar-refractivity contribution in [2.75, 3.05) is 13.2 Å². The van der Waals surface area contributed by atoms with Crippen LogP contribution >= 0.6 is 27.7 Å². The average molecular weight is 749 g/mol. The van der Waals surface area contributed by atoms with E-state index >= 15 is 0 Å². The van der Waals surface area contributed by atoms with E-state index in [1.165, 1.54) is 0 Å². The number of ether oxygens (including phenoxy) is 2. The van der Waals surface area contributed by atoms with Crippen molar-refractivity contribution >= 4 is 45.6 Å². The van der Waals surface area contributed by atoms with Gasteiger partial charge in [-0.15, -0.1) is 0 Å². The van der Waals surface area contributed by atoms with E-state index in [0.717, 1.165) is 36.5 Å². The summed E-state index contributed by atoms with van der Waals surface area (Å²) in [5, 5.41) is 9.11. The standard InChI is InChI=1S/C41H38BrN3O4S/c42-36-20-9-8-19-35(36)38-41(26-11-15-30-13-3-1-4-14-30,44-39(49-38)31-22-24-33(25-23-31)48-28-12-27-46)40(47)45-43-29-32-16-7-10-21-37(32)50-34-17-5-2-6-18-34/h1-11,13-25,38,43,46H,12,26-29H2,(H,45,47)/b15-11+/t38-,41-/m0/s1. The summed E-state index contributed by atoms with van der Waals surface area (Å²) >= 11 is 5.39. The number of nitrogens with one attached hydrogen (secondary N) is 2. The summed E-state index contributed by atoms with van der Waals surface area (Å²) in [6.07, 6.45) is 4.07. The van der Waals surface area contributed by atoms with Crippen LogP contribution in [0.15, 0.2) is 159 Å². The first-order valence-electron chi connectivity index (χ1n) is 16.5. The Hall–Kier alpha value is -4.67. The molecule has 0 aromatic heterocycles. The number of nitrogens with zero attached hydrogens (tertiary/aromatic N) is 1. The summed E-state index contributed by atoms with van der Waals surface area (Å²) in [5.74, 6) is 0.719. The Labute approximate surface area is 305 Å². The van der Waals surface area contributed by atoms with Gasteiger partial charge < -0.3 is 14.6 Å². The van der Waals surface area contributed by atoms with Crippen molar-refractivity contribution in [2.45, 2.75) is 40.8 Å². The number of rotatable bonds is 15. The van der Waals surface area contributed by atoms with Gasteiger partial charge in [-0.25, -0.2) is 10.4 Å². The maximum absolute atomic E-state index is 14.6. The molecule has 5 aromatic carbocycles. The van der Waals surface area contributed by atoms with Crippen LogP contribution in [0, 0.1) is 0 Å². The molecule has 0 aliphatic carbocycles. The molecule has 0 unspecified atom stereocenters. The molecule has 0 fully saturated rings. The number of halogens is 1. The minimum atomic E-state index is -1.36. The van der Waals surface area contributed by atoms with Crippen LogP contribution in [0.25, 0.3) is 6.08 Å². The van der Waals surface area contributed by atoms with Crippen LogP contribution < -0.4 is 15.6 Å². The summed E-state index contributed by atoms with van der Waals surface area (Å²) in [7, 11) is 0. The molecule has 7 nitrogen and oxygen atoms in total. The van der Waals surface area contributed by atoms with Crippen LogP contribution in [0.4, 0.5) is 0 Å². The van der Waals surface area contributed by atoms with Gasteiger partial charge in [0.1, 0.15) is 5.75 Å². The van der Waals surface area contributed by atoms with E-state index < -0.39 is 11.6 Å². The number of aliphatic imine (C=N–C) groups is 1. The number of hydrazine groups is 1. The zero-order valence-corrected chi connectivity index (χ0v) is 29.8. The summed E-state index contributed by atoms with van der Waals surface area (Å²) in [6.45, 7) is 0.888. The molecule has 5 aromatic rings. The molecule has 1 aliphatic rings. The molecule has 2 atom stereocenters. The van der Waals surface area contributed by atoms with E-state index in [4.69, 9.17) is 19.6 Å². The van der Waals surface area contributed by atoms with E-state index in [1.807, 2.05) is 121 Å². The zero-order chi connectivity index (χ0) is 34.6. The van der Waals surface area contributed by atoms with Crippen molar-refractivity contribution in [1.29, 1.82) is 0 Å². The highest BCUT2D eigenvalue weighted by molar-refractivity contribution is 9.10. The number of hydrogen-bond donors (Lipinski definition) is 3. The molecule has 50 heavy (non-hydrogen) atoms. The number of carbonyl (C=O) groups is 1. The number of aliphatic hydroxyl groups excluding tert-OH is 1. The van der Waals surface area contributed by atoms with Gasteiger partial charge in [0.05, 0.1) is 6.61 Å².